The number of nitriles is 1. The second-order valence-corrected chi connectivity index (χ2v) is 8.91. The summed E-state index contributed by atoms with van der Waals surface area (Å²) in [6.07, 6.45) is 3.19. The average Bonchev–Trinajstić information content (AvgIpc) is 3.04. The Bertz CT molecular complexity index is 738. The van der Waals surface area contributed by atoms with Gasteiger partial charge in [0.15, 0.2) is 11.5 Å². The normalized spacial score (nSPS) is 13.9. The molecule has 1 aliphatic rings. The van der Waals surface area contributed by atoms with Gasteiger partial charge < -0.3 is 9.47 Å². The van der Waals surface area contributed by atoms with Crippen LogP contribution >= 0.6 is 0 Å². The summed E-state index contributed by atoms with van der Waals surface area (Å²) in [5, 5.41) is 8.62. The number of fused-ring (bicyclic) bond motifs is 1. The molecule has 0 atom stereocenters. The van der Waals surface area contributed by atoms with Crippen molar-refractivity contribution in [2.45, 2.75) is 51.3 Å². The van der Waals surface area contributed by atoms with Crippen molar-refractivity contribution in [3.8, 4) is 17.6 Å². The van der Waals surface area contributed by atoms with Gasteiger partial charge in [0.05, 0.1) is 11.0 Å². The maximum absolute atomic E-state index is 13.0. The molecule has 0 saturated heterocycles. The van der Waals surface area contributed by atoms with E-state index in [1.165, 1.54) is 10.4 Å². The number of ether oxygens (including phenoxy) is 2. The molecule has 6 nitrogen and oxygen atoms in total. The molecule has 7 heteroatoms. The van der Waals surface area contributed by atoms with Gasteiger partial charge in [-0.2, -0.15) is 9.57 Å². The predicted octanol–water partition coefficient (Wildman–Crippen LogP) is 3.54. The fourth-order valence-corrected chi connectivity index (χ4v) is 4.57. The van der Waals surface area contributed by atoms with Crippen LogP contribution in [-0.4, -0.2) is 32.6 Å². The third-order valence-electron chi connectivity index (χ3n) is 4.33. The molecule has 0 N–H and O–H groups in total. The third kappa shape index (κ3) is 4.86. The number of sulfonamides is 1. The molecule has 0 spiro atoms. The Morgan fingerprint density at radius 3 is 2.64 bits per heavy atom. The number of unbranched alkanes of at least 4 members (excludes halogenated alkanes) is 2. The highest BCUT2D eigenvalue weighted by Crippen LogP contribution is 2.35. The van der Waals surface area contributed by atoms with Crippen LogP contribution in [-0.2, 0) is 10.0 Å². The molecule has 0 radical (unpaired) electrons. The van der Waals surface area contributed by atoms with Crippen LogP contribution in [0.4, 0.5) is 0 Å². The Kier molecular flexibility index (Phi) is 6.31. The zero-order chi connectivity index (χ0) is 18.5. The summed E-state index contributed by atoms with van der Waals surface area (Å²) in [5.41, 5.74) is -0.158. The third-order valence-corrected chi connectivity index (χ3v) is 6.25. The van der Waals surface area contributed by atoms with E-state index >= 15 is 0 Å². The highest BCUT2D eigenvalue weighted by Gasteiger charge is 2.30. The summed E-state index contributed by atoms with van der Waals surface area (Å²) >= 11 is 0. The molecule has 25 heavy (non-hydrogen) atoms. The highest BCUT2D eigenvalue weighted by molar-refractivity contribution is 7.89. The lowest BCUT2D eigenvalue weighted by molar-refractivity contribution is 0.174. The maximum atomic E-state index is 13.0. The van der Waals surface area contributed by atoms with Crippen molar-refractivity contribution >= 4 is 10.0 Å². The Balaban J connectivity index is 2.11. The van der Waals surface area contributed by atoms with Gasteiger partial charge in [-0.25, -0.2) is 8.42 Å². The maximum Gasteiger partial charge on any atom is 0.243 e. The minimum Gasteiger partial charge on any atom is -0.454 e. The number of hydrogen-bond acceptors (Lipinski definition) is 5. The Labute approximate surface area is 150 Å². The molecule has 1 heterocycles. The molecule has 0 aromatic heterocycles. The van der Waals surface area contributed by atoms with Gasteiger partial charge in [-0.15, -0.1) is 0 Å². The zero-order valence-corrected chi connectivity index (χ0v) is 15.9. The predicted molar refractivity (Wildman–Crippen MR) is 94.9 cm³/mol. The fourth-order valence-electron chi connectivity index (χ4n) is 2.92. The molecule has 0 aliphatic carbocycles. The molecule has 1 aliphatic heterocycles. The van der Waals surface area contributed by atoms with Gasteiger partial charge in [-0.3, -0.25) is 0 Å². The number of benzene rings is 1. The summed E-state index contributed by atoms with van der Waals surface area (Å²) in [7, 11) is -3.60. The van der Waals surface area contributed by atoms with E-state index in [-0.39, 0.29) is 17.1 Å². The van der Waals surface area contributed by atoms with Crippen molar-refractivity contribution in [3.63, 3.8) is 0 Å². The lowest BCUT2D eigenvalue weighted by Crippen LogP contribution is -2.38. The van der Waals surface area contributed by atoms with Crippen molar-refractivity contribution in [1.82, 2.24) is 4.31 Å². The van der Waals surface area contributed by atoms with Crippen LogP contribution < -0.4 is 9.47 Å². The van der Waals surface area contributed by atoms with Crippen LogP contribution in [0.25, 0.3) is 0 Å². The molecule has 0 unspecified atom stereocenters. The van der Waals surface area contributed by atoms with Crippen molar-refractivity contribution < 1.29 is 17.9 Å². The highest BCUT2D eigenvalue weighted by atomic mass is 32.2. The monoisotopic (exact) mass is 366 g/mol. The molecule has 2 rings (SSSR count). The van der Waals surface area contributed by atoms with Crippen molar-refractivity contribution in [3.05, 3.63) is 18.2 Å². The molecular formula is C18H26N2O4S. The lowest BCUT2D eigenvalue weighted by atomic mass is 9.87. The van der Waals surface area contributed by atoms with Gasteiger partial charge in [0.2, 0.25) is 16.8 Å². The summed E-state index contributed by atoms with van der Waals surface area (Å²) in [5.74, 6) is 1.03. The second kappa shape index (κ2) is 8.07. The van der Waals surface area contributed by atoms with E-state index in [2.05, 4.69) is 19.9 Å². The van der Waals surface area contributed by atoms with E-state index < -0.39 is 10.0 Å². The molecule has 138 valence electrons. The quantitative estimate of drug-likeness (QED) is 0.625. The summed E-state index contributed by atoms with van der Waals surface area (Å²) in [6, 6.07) is 6.87. The zero-order valence-electron chi connectivity index (χ0n) is 15.1. The molecule has 0 fully saturated rings. The minimum absolute atomic E-state index is 0.117. The van der Waals surface area contributed by atoms with Crippen LogP contribution in [0, 0.1) is 16.7 Å². The Morgan fingerprint density at radius 2 is 1.96 bits per heavy atom. The SMILES string of the molecule is CCN(CC(C)(C)CCCCC#N)S(=O)(=O)c1ccc2c(c1)OCO2. The molecular weight excluding hydrogens is 340 g/mol. The summed E-state index contributed by atoms with van der Waals surface area (Å²) in [4.78, 5) is 0.221. The van der Waals surface area contributed by atoms with E-state index in [9.17, 15) is 8.42 Å². The first kappa shape index (κ1) is 19.5. The average molecular weight is 366 g/mol. The smallest absolute Gasteiger partial charge is 0.243 e. The van der Waals surface area contributed by atoms with Crippen molar-refractivity contribution in [2.75, 3.05) is 19.9 Å². The van der Waals surface area contributed by atoms with Gasteiger partial charge in [0.25, 0.3) is 0 Å². The van der Waals surface area contributed by atoms with Gasteiger partial charge in [0, 0.05) is 25.6 Å². The van der Waals surface area contributed by atoms with E-state index in [1.54, 1.807) is 12.1 Å². The van der Waals surface area contributed by atoms with Crippen LogP contribution in [0.3, 0.4) is 0 Å². The largest absolute Gasteiger partial charge is 0.454 e. The minimum atomic E-state index is -3.60. The molecule has 0 saturated carbocycles. The standard InChI is InChI=1S/C18H26N2O4S/c1-4-20(13-18(2,3)10-6-5-7-11-19)25(21,22)15-8-9-16-17(12-15)24-14-23-16/h8-9,12H,4-7,10,13-14H2,1-3H3. The number of hydrogen-bond donors (Lipinski definition) is 0. The molecule has 1 aromatic rings. The Hall–Kier alpha value is -1.78. The fraction of sp³-hybridized carbons (Fsp3) is 0.611. The van der Waals surface area contributed by atoms with Gasteiger partial charge >= 0.3 is 0 Å². The van der Waals surface area contributed by atoms with Crippen LogP contribution in [0.15, 0.2) is 23.1 Å². The first-order valence-corrected chi connectivity index (χ1v) is 10.0. The number of rotatable bonds is 9. The summed E-state index contributed by atoms with van der Waals surface area (Å²) < 4.78 is 38.1. The lowest BCUT2D eigenvalue weighted by Gasteiger charge is -2.31. The van der Waals surface area contributed by atoms with Crippen LogP contribution in [0.1, 0.15) is 46.5 Å². The van der Waals surface area contributed by atoms with Gasteiger partial charge in [-0.05, 0) is 30.4 Å². The van der Waals surface area contributed by atoms with Crippen LogP contribution in [0.5, 0.6) is 11.5 Å². The van der Waals surface area contributed by atoms with Crippen molar-refractivity contribution in [2.24, 2.45) is 5.41 Å². The van der Waals surface area contributed by atoms with Gasteiger partial charge in [0.1, 0.15) is 0 Å². The van der Waals surface area contributed by atoms with E-state index in [4.69, 9.17) is 14.7 Å². The first-order chi connectivity index (χ1) is 11.8. The molecule has 0 amide bonds. The first-order valence-electron chi connectivity index (χ1n) is 8.57. The second-order valence-electron chi connectivity index (χ2n) is 6.98. The van der Waals surface area contributed by atoms with E-state index in [0.717, 1.165) is 19.3 Å². The number of nitrogens with zero attached hydrogens (tertiary/aromatic N) is 2. The molecule has 1 aromatic carbocycles. The molecule has 0 bridgehead atoms. The van der Waals surface area contributed by atoms with Crippen molar-refractivity contribution in [1.29, 1.82) is 5.26 Å². The summed E-state index contributed by atoms with van der Waals surface area (Å²) in [6.45, 7) is 6.93. The Morgan fingerprint density at radius 1 is 1.24 bits per heavy atom. The van der Waals surface area contributed by atoms with Crippen LogP contribution in [0.2, 0.25) is 0 Å². The topological polar surface area (TPSA) is 79.6 Å². The van der Waals surface area contributed by atoms with Gasteiger partial charge in [-0.1, -0.05) is 27.2 Å². The van der Waals surface area contributed by atoms with E-state index in [0.29, 0.717) is 31.0 Å². The van der Waals surface area contributed by atoms with E-state index in [1.807, 2.05) is 6.92 Å².